The fourth-order valence-corrected chi connectivity index (χ4v) is 5.91. The zero-order valence-corrected chi connectivity index (χ0v) is 14.1. The first-order chi connectivity index (χ1) is 10.3. The average Bonchev–Trinajstić information content (AvgIpc) is 3.02. The fourth-order valence-electron chi connectivity index (χ4n) is 4.67. The molecule has 3 aliphatic rings. The van der Waals surface area contributed by atoms with Gasteiger partial charge in [-0.15, -0.1) is 0 Å². The Balaban J connectivity index is 1.52. The number of thioether (sulfide) groups is 1. The van der Waals surface area contributed by atoms with Gasteiger partial charge in [0.15, 0.2) is 0 Å². The van der Waals surface area contributed by atoms with E-state index in [1.54, 1.807) is 0 Å². The highest BCUT2D eigenvalue weighted by atomic mass is 32.2. The maximum absolute atomic E-state index is 6.23. The average molecular weight is 313 g/mol. The molecule has 21 heavy (non-hydrogen) atoms. The summed E-state index contributed by atoms with van der Waals surface area (Å²) in [4.78, 5) is 0. The molecule has 0 aromatic rings. The molecule has 0 radical (unpaired) electrons. The highest BCUT2D eigenvalue weighted by Gasteiger charge is 2.40. The monoisotopic (exact) mass is 312 g/mol. The highest BCUT2D eigenvalue weighted by Crippen LogP contribution is 2.41. The van der Waals surface area contributed by atoms with Crippen LogP contribution in [0.5, 0.6) is 0 Å². The van der Waals surface area contributed by atoms with Crippen LogP contribution in [0.3, 0.4) is 0 Å². The topological polar surface area (TPSA) is 47.3 Å². The van der Waals surface area contributed by atoms with Gasteiger partial charge in [0.1, 0.15) is 0 Å². The van der Waals surface area contributed by atoms with Crippen molar-refractivity contribution in [3.63, 3.8) is 0 Å². The van der Waals surface area contributed by atoms with Gasteiger partial charge in [-0.3, -0.25) is 11.3 Å². The minimum absolute atomic E-state index is 0.191. The third-order valence-corrected chi connectivity index (χ3v) is 7.06. The molecule has 3 N–H and O–H groups in total. The Morgan fingerprint density at radius 1 is 1.19 bits per heavy atom. The van der Waals surface area contributed by atoms with E-state index >= 15 is 0 Å². The third-order valence-electron chi connectivity index (χ3n) is 6.08. The summed E-state index contributed by atoms with van der Waals surface area (Å²) in [5.74, 6) is 10.1. The molecule has 3 rings (SSSR count). The van der Waals surface area contributed by atoms with Gasteiger partial charge in [-0.1, -0.05) is 25.7 Å². The molecule has 1 saturated carbocycles. The van der Waals surface area contributed by atoms with E-state index in [0.29, 0.717) is 12.0 Å². The second-order valence-electron chi connectivity index (χ2n) is 7.40. The lowest BCUT2D eigenvalue weighted by atomic mass is 9.77. The molecular formula is C17H32N2OS. The Bertz CT molecular complexity index is 308. The van der Waals surface area contributed by atoms with E-state index in [1.807, 2.05) is 0 Å². The summed E-state index contributed by atoms with van der Waals surface area (Å²) in [6.45, 7) is 0.941. The summed E-state index contributed by atoms with van der Waals surface area (Å²) < 4.78 is 6.23. The van der Waals surface area contributed by atoms with Crippen molar-refractivity contribution in [3.05, 3.63) is 0 Å². The van der Waals surface area contributed by atoms with Crippen LogP contribution in [0, 0.1) is 11.8 Å². The number of hydrogen-bond acceptors (Lipinski definition) is 4. The Morgan fingerprint density at radius 2 is 1.95 bits per heavy atom. The van der Waals surface area contributed by atoms with Crippen molar-refractivity contribution in [2.24, 2.45) is 17.7 Å². The highest BCUT2D eigenvalue weighted by molar-refractivity contribution is 7.99. The van der Waals surface area contributed by atoms with Crippen LogP contribution in [-0.4, -0.2) is 29.8 Å². The molecular weight excluding hydrogens is 280 g/mol. The summed E-state index contributed by atoms with van der Waals surface area (Å²) in [6, 6.07) is 0.501. The number of ether oxygens (including phenoxy) is 1. The normalized spacial score (nSPS) is 31.6. The Kier molecular flexibility index (Phi) is 5.88. The maximum Gasteiger partial charge on any atom is 0.0701 e. The van der Waals surface area contributed by atoms with Crippen molar-refractivity contribution in [1.82, 2.24) is 5.43 Å². The van der Waals surface area contributed by atoms with Crippen molar-refractivity contribution < 1.29 is 4.74 Å². The van der Waals surface area contributed by atoms with E-state index in [2.05, 4.69) is 17.2 Å². The van der Waals surface area contributed by atoms with E-state index in [9.17, 15) is 0 Å². The van der Waals surface area contributed by atoms with E-state index < -0.39 is 0 Å². The van der Waals surface area contributed by atoms with Crippen molar-refractivity contribution in [2.75, 3.05) is 18.1 Å². The molecule has 3 nitrogen and oxygen atoms in total. The van der Waals surface area contributed by atoms with Crippen LogP contribution in [0.2, 0.25) is 0 Å². The molecule has 3 fully saturated rings. The SMILES string of the molecule is NNC(CCC1CCCC1)C1CCOC2(CCSCC2)C1. The lowest BCUT2D eigenvalue weighted by molar-refractivity contribution is -0.107. The molecule has 122 valence electrons. The Labute approximate surface area is 134 Å². The molecule has 4 heteroatoms. The molecule has 0 aromatic heterocycles. The van der Waals surface area contributed by atoms with E-state index in [1.165, 1.54) is 75.7 Å². The minimum Gasteiger partial charge on any atom is -0.375 e. The van der Waals surface area contributed by atoms with Gasteiger partial charge in [-0.25, -0.2) is 0 Å². The molecule has 1 spiro atoms. The fraction of sp³-hybridized carbons (Fsp3) is 1.00. The number of hydrogen-bond donors (Lipinski definition) is 2. The predicted octanol–water partition coefficient (Wildman–Crippen LogP) is 3.48. The molecule has 2 unspecified atom stereocenters. The van der Waals surface area contributed by atoms with Crippen molar-refractivity contribution in [1.29, 1.82) is 0 Å². The molecule has 0 amide bonds. The number of hydrazine groups is 1. The third kappa shape index (κ3) is 4.15. The van der Waals surface area contributed by atoms with Gasteiger partial charge in [-0.05, 0) is 61.9 Å². The second-order valence-corrected chi connectivity index (χ2v) is 8.62. The smallest absolute Gasteiger partial charge is 0.0701 e. The quantitative estimate of drug-likeness (QED) is 0.603. The first-order valence-electron chi connectivity index (χ1n) is 8.99. The van der Waals surface area contributed by atoms with Crippen LogP contribution in [0.4, 0.5) is 0 Å². The largest absolute Gasteiger partial charge is 0.375 e. The summed E-state index contributed by atoms with van der Waals surface area (Å²) in [6.07, 6.45) is 13.3. The van der Waals surface area contributed by atoms with Crippen LogP contribution in [0.15, 0.2) is 0 Å². The van der Waals surface area contributed by atoms with Crippen LogP contribution in [0.25, 0.3) is 0 Å². The first kappa shape index (κ1) is 16.1. The van der Waals surface area contributed by atoms with E-state index in [4.69, 9.17) is 10.6 Å². The van der Waals surface area contributed by atoms with Crippen LogP contribution in [-0.2, 0) is 4.74 Å². The zero-order chi connectivity index (χ0) is 14.5. The first-order valence-corrected chi connectivity index (χ1v) is 10.1. The minimum atomic E-state index is 0.191. The van der Waals surface area contributed by atoms with Crippen LogP contribution < -0.4 is 11.3 Å². The van der Waals surface area contributed by atoms with Crippen LogP contribution >= 0.6 is 11.8 Å². The molecule has 1 aliphatic carbocycles. The lowest BCUT2D eigenvalue weighted by Gasteiger charge is -2.45. The van der Waals surface area contributed by atoms with Crippen molar-refractivity contribution >= 4 is 11.8 Å². The summed E-state index contributed by atoms with van der Waals surface area (Å²) in [5.41, 5.74) is 3.35. The number of rotatable bonds is 5. The molecule has 0 aromatic carbocycles. The summed E-state index contributed by atoms with van der Waals surface area (Å²) in [5, 5.41) is 0. The van der Waals surface area contributed by atoms with E-state index in [0.717, 1.165) is 12.5 Å². The van der Waals surface area contributed by atoms with Crippen LogP contribution in [0.1, 0.15) is 64.2 Å². The molecule has 0 bridgehead atoms. The van der Waals surface area contributed by atoms with Gasteiger partial charge in [-0.2, -0.15) is 11.8 Å². The van der Waals surface area contributed by atoms with Gasteiger partial charge >= 0.3 is 0 Å². The second kappa shape index (κ2) is 7.67. The van der Waals surface area contributed by atoms with Gasteiger partial charge in [0.2, 0.25) is 0 Å². The predicted molar refractivity (Wildman–Crippen MR) is 90.3 cm³/mol. The molecule has 2 heterocycles. The van der Waals surface area contributed by atoms with Gasteiger partial charge in [0.25, 0.3) is 0 Å². The van der Waals surface area contributed by atoms with Crippen molar-refractivity contribution in [3.8, 4) is 0 Å². The number of nitrogens with two attached hydrogens (primary N) is 1. The van der Waals surface area contributed by atoms with Gasteiger partial charge < -0.3 is 4.74 Å². The molecule has 2 saturated heterocycles. The van der Waals surface area contributed by atoms with Gasteiger partial charge in [0, 0.05) is 12.6 Å². The van der Waals surface area contributed by atoms with Gasteiger partial charge in [0.05, 0.1) is 5.60 Å². The van der Waals surface area contributed by atoms with Crippen molar-refractivity contribution in [2.45, 2.75) is 75.9 Å². The summed E-state index contributed by atoms with van der Waals surface area (Å²) in [7, 11) is 0. The lowest BCUT2D eigenvalue weighted by Crippen LogP contribution is -2.50. The Morgan fingerprint density at radius 3 is 2.67 bits per heavy atom. The maximum atomic E-state index is 6.23. The Hall–Kier alpha value is 0.230. The summed E-state index contributed by atoms with van der Waals surface area (Å²) >= 11 is 2.08. The molecule has 2 aliphatic heterocycles. The zero-order valence-electron chi connectivity index (χ0n) is 13.3. The standard InChI is InChI=1S/C17H32N2OS/c18-19-16(6-5-14-3-1-2-4-14)15-7-10-20-17(13-15)8-11-21-12-9-17/h14-16,19H,1-13,18H2. The van der Waals surface area contributed by atoms with E-state index in [-0.39, 0.29) is 5.60 Å². The number of nitrogens with one attached hydrogen (secondary N) is 1. The molecule has 2 atom stereocenters.